The molecular formula is C22H23ClN2O4S. The number of hydrogen-bond donors (Lipinski definition) is 0. The molecule has 3 aromatic rings. The van der Waals surface area contributed by atoms with Crippen LogP contribution in [0.15, 0.2) is 47.5 Å². The lowest BCUT2D eigenvalue weighted by atomic mass is 10.2. The van der Waals surface area contributed by atoms with Crippen LogP contribution in [0.1, 0.15) is 36.5 Å². The van der Waals surface area contributed by atoms with Crippen LogP contribution in [0.2, 0.25) is 5.02 Å². The van der Waals surface area contributed by atoms with E-state index in [1.54, 1.807) is 28.8 Å². The first-order valence-electron chi connectivity index (χ1n) is 9.70. The topological polar surface area (TPSA) is 69.9 Å². The van der Waals surface area contributed by atoms with Crippen LogP contribution >= 0.6 is 22.9 Å². The largest absolute Gasteiger partial charge is 0.494 e. The molecule has 0 aliphatic heterocycles. The Morgan fingerprint density at radius 1 is 1.17 bits per heavy atom. The molecule has 0 spiro atoms. The third-order valence-corrected chi connectivity index (χ3v) is 5.81. The van der Waals surface area contributed by atoms with Gasteiger partial charge in [0.05, 0.1) is 29.0 Å². The minimum Gasteiger partial charge on any atom is -0.494 e. The van der Waals surface area contributed by atoms with Crippen molar-refractivity contribution in [2.24, 2.45) is 4.99 Å². The molecule has 8 heteroatoms. The van der Waals surface area contributed by atoms with Gasteiger partial charge in [-0.3, -0.25) is 9.59 Å². The van der Waals surface area contributed by atoms with Gasteiger partial charge in [0.1, 0.15) is 12.3 Å². The number of hydrogen-bond acceptors (Lipinski definition) is 5. The standard InChI is InChI=1S/C22H23ClN2O4S/c1-3-4-5-12-29-16-9-6-8-15(13-16)21(27)24-22-25(14-19(26)28-2)20-17(23)10-7-11-18(20)30-22/h6-11,13H,3-5,12,14H2,1-2H3. The van der Waals surface area contributed by atoms with Crippen LogP contribution in [0.25, 0.3) is 10.2 Å². The van der Waals surface area contributed by atoms with E-state index in [2.05, 4.69) is 11.9 Å². The molecule has 2 aromatic carbocycles. The molecule has 0 saturated carbocycles. The molecule has 0 N–H and O–H groups in total. The highest BCUT2D eigenvalue weighted by Crippen LogP contribution is 2.25. The van der Waals surface area contributed by atoms with Gasteiger partial charge in [0.2, 0.25) is 0 Å². The number of esters is 1. The summed E-state index contributed by atoms with van der Waals surface area (Å²) in [7, 11) is 1.31. The number of unbranched alkanes of at least 4 members (excludes halogenated alkanes) is 2. The van der Waals surface area contributed by atoms with E-state index in [4.69, 9.17) is 21.1 Å². The summed E-state index contributed by atoms with van der Waals surface area (Å²) >= 11 is 7.63. The molecule has 158 valence electrons. The van der Waals surface area contributed by atoms with E-state index in [1.807, 2.05) is 18.2 Å². The maximum absolute atomic E-state index is 12.8. The molecule has 0 bridgehead atoms. The molecule has 3 rings (SSSR count). The Bertz CT molecular complexity index is 1120. The van der Waals surface area contributed by atoms with Crippen LogP contribution in [0.4, 0.5) is 0 Å². The molecule has 0 fully saturated rings. The van der Waals surface area contributed by atoms with Crippen molar-refractivity contribution in [3.8, 4) is 5.75 Å². The summed E-state index contributed by atoms with van der Waals surface area (Å²) in [6.45, 7) is 2.65. The average molecular weight is 447 g/mol. The zero-order valence-electron chi connectivity index (χ0n) is 16.9. The second-order valence-electron chi connectivity index (χ2n) is 6.63. The highest BCUT2D eigenvalue weighted by Gasteiger charge is 2.15. The Balaban J connectivity index is 1.94. The normalized spacial score (nSPS) is 11.6. The first-order valence-corrected chi connectivity index (χ1v) is 10.9. The van der Waals surface area contributed by atoms with Crippen LogP contribution in [0.5, 0.6) is 5.75 Å². The Hall–Kier alpha value is -2.64. The van der Waals surface area contributed by atoms with Crippen LogP contribution < -0.4 is 9.54 Å². The quantitative estimate of drug-likeness (QED) is 0.366. The van der Waals surface area contributed by atoms with Gasteiger partial charge in [-0.25, -0.2) is 0 Å². The van der Waals surface area contributed by atoms with Crippen LogP contribution in [0, 0.1) is 0 Å². The van der Waals surface area contributed by atoms with Gasteiger partial charge in [-0.1, -0.05) is 54.8 Å². The monoisotopic (exact) mass is 446 g/mol. The van der Waals surface area contributed by atoms with Crippen molar-refractivity contribution in [1.29, 1.82) is 0 Å². The van der Waals surface area contributed by atoms with Crippen molar-refractivity contribution < 1.29 is 19.1 Å². The number of methoxy groups -OCH3 is 1. The summed E-state index contributed by atoms with van der Waals surface area (Å²) in [6, 6.07) is 12.4. The number of aromatic nitrogens is 1. The lowest BCUT2D eigenvalue weighted by molar-refractivity contribution is -0.141. The summed E-state index contributed by atoms with van der Waals surface area (Å²) in [5.41, 5.74) is 1.06. The van der Waals surface area contributed by atoms with Crippen molar-refractivity contribution in [2.45, 2.75) is 32.7 Å². The van der Waals surface area contributed by atoms with E-state index in [0.717, 1.165) is 24.0 Å². The molecule has 0 aliphatic rings. The summed E-state index contributed by atoms with van der Waals surface area (Å²) in [5.74, 6) is -0.240. The fraction of sp³-hybridized carbons (Fsp3) is 0.318. The summed E-state index contributed by atoms with van der Waals surface area (Å²) in [6.07, 6.45) is 3.18. The molecule has 1 aromatic heterocycles. The van der Waals surface area contributed by atoms with Crippen molar-refractivity contribution in [3.05, 3.63) is 57.9 Å². The molecule has 0 unspecified atom stereocenters. The van der Waals surface area contributed by atoms with Gasteiger partial charge in [-0.05, 0) is 36.8 Å². The third-order valence-electron chi connectivity index (χ3n) is 4.46. The zero-order valence-corrected chi connectivity index (χ0v) is 18.5. The van der Waals surface area contributed by atoms with Crippen molar-refractivity contribution >= 4 is 45.0 Å². The van der Waals surface area contributed by atoms with Crippen LogP contribution in [0.3, 0.4) is 0 Å². The molecule has 0 saturated heterocycles. The van der Waals surface area contributed by atoms with E-state index in [9.17, 15) is 9.59 Å². The van der Waals surface area contributed by atoms with Gasteiger partial charge >= 0.3 is 5.97 Å². The maximum Gasteiger partial charge on any atom is 0.325 e. The van der Waals surface area contributed by atoms with Gasteiger partial charge in [0.25, 0.3) is 5.91 Å². The van der Waals surface area contributed by atoms with Gasteiger partial charge in [-0.2, -0.15) is 4.99 Å². The van der Waals surface area contributed by atoms with E-state index >= 15 is 0 Å². The Kier molecular flexibility index (Phi) is 7.65. The zero-order chi connectivity index (χ0) is 21.5. The Morgan fingerprint density at radius 2 is 1.97 bits per heavy atom. The van der Waals surface area contributed by atoms with Crippen molar-refractivity contribution in [2.75, 3.05) is 13.7 Å². The molecule has 0 radical (unpaired) electrons. The molecule has 6 nitrogen and oxygen atoms in total. The number of carbonyl (C=O) groups is 2. The number of carbonyl (C=O) groups excluding carboxylic acids is 2. The summed E-state index contributed by atoms with van der Waals surface area (Å²) in [4.78, 5) is 29.4. The molecule has 30 heavy (non-hydrogen) atoms. The van der Waals surface area contributed by atoms with Crippen molar-refractivity contribution in [1.82, 2.24) is 4.57 Å². The average Bonchev–Trinajstić information content (AvgIpc) is 3.09. The lowest BCUT2D eigenvalue weighted by Crippen LogP contribution is -2.22. The van der Waals surface area contributed by atoms with Crippen LogP contribution in [-0.2, 0) is 16.1 Å². The predicted octanol–water partition coefficient (Wildman–Crippen LogP) is 4.84. The smallest absolute Gasteiger partial charge is 0.325 e. The number of thiazole rings is 1. The second kappa shape index (κ2) is 10.4. The van der Waals surface area contributed by atoms with Gasteiger partial charge in [-0.15, -0.1) is 0 Å². The van der Waals surface area contributed by atoms with Crippen molar-refractivity contribution in [3.63, 3.8) is 0 Å². The first kappa shape index (κ1) is 22.1. The first-order chi connectivity index (χ1) is 14.5. The highest BCUT2D eigenvalue weighted by molar-refractivity contribution is 7.16. The van der Waals surface area contributed by atoms with Gasteiger partial charge in [0, 0.05) is 5.56 Å². The van der Waals surface area contributed by atoms with Crippen LogP contribution in [-0.4, -0.2) is 30.2 Å². The summed E-state index contributed by atoms with van der Waals surface area (Å²) in [5, 5.41) is 0.476. The number of halogens is 1. The molecule has 0 aliphatic carbocycles. The molecule has 1 amide bonds. The molecule has 0 atom stereocenters. The number of benzene rings is 2. The Morgan fingerprint density at radius 3 is 2.73 bits per heavy atom. The summed E-state index contributed by atoms with van der Waals surface area (Å²) < 4.78 is 12.9. The lowest BCUT2D eigenvalue weighted by Gasteiger charge is -2.06. The SMILES string of the molecule is CCCCCOc1cccc(C(=O)N=c2sc3cccc(Cl)c3n2CC(=O)OC)c1. The van der Waals surface area contributed by atoms with Gasteiger partial charge in [0.15, 0.2) is 4.80 Å². The van der Waals surface area contributed by atoms with Gasteiger partial charge < -0.3 is 14.0 Å². The number of amides is 1. The van der Waals surface area contributed by atoms with E-state index in [0.29, 0.717) is 33.3 Å². The number of para-hydroxylation sites is 1. The van der Waals surface area contributed by atoms with E-state index < -0.39 is 11.9 Å². The fourth-order valence-corrected chi connectivity index (χ4v) is 4.31. The minimum atomic E-state index is -0.453. The predicted molar refractivity (Wildman–Crippen MR) is 118 cm³/mol. The maximum atomic E-state index is 12.8. The minimum absolute atomic E-state index is 0.0904. The third kappa shape index (κ3) is 5.29. The van der Waals surface area contributed by atoms with E-state index in [1.165, 1.54) is 18.4 Å². The second-order valence-corrected chi connectivity index (χ2v) is 8.05. The number of fused-ring (bicyclic) bond motifs is 1. The van der Waals surface area contributed by atoms with E-state index in [-0.39, 0.29) is 6.54 Å². The molecular weight excluding hydrogens is 424 g/mol. The number of nitrogens with zero attached hydrogens (tertiary/aromatic N) is 2. The Labute approximate surface area is 183 Å². The highest BCUT2D eigenvalue weighted by atomic mass is 35.5. The molecule has 1 heterocycles. The number of ether oxygens (including phenoxy) is 2. The fourth-order valence-electron chi connectivity index (χ4n) is 2.92. The number of rotatable bonds is 8.